The summed E-state index contributed by atoms with van der Waals surface area (Å²) in [6, 6.07) is 15.2. The molecule has 0 bridgehead atoms. The fourth-order valence-electron chi connectivity index (χ4n) is 3.53. The van der Waals surface area contributed by atoms with Crippen molar-refractivity contribution < 1.29 is 13.9 Å². The Morgan fingerprint density at radius 2 is 2.00 bits per heavy atom. The summed E-state index contributed by atoms with van der Waals surface area (Å²) in [4.78, 5) is 15.6. The van der Waals surface area contributed by atoms with Crippen molar-refractivity contribution in [1.29, 1.82) is 0 Å². The minimum absolute atomic E-state index is 0.0500. The quantitative estimate of drug-likeness (QED) is 0.628. The van der Waals surface area contributed by atoms with Crippen molar-refractivity contribution >= 4 is 32.9 Å². The van der Waals surface area contributed by atoms with E-state index in [1.807, 2.05) is 29.2 Å². The number of hydrogen-bond donors (Lipinski definition) is 0. The molecule has 2 aromatic carbocycles. The number of hydrogen-bond acceptors (Lipinski definition) is 3. The number of thiophene rings is 1. The van der Waals surface area contributed by atoms with Crippen LogP contribution in [0.2, 0.25) is 0 Å². The Bertz CT molecular complexity index is 1010. The van der Waals surface area contributed by atoms with Crippen molar-refractivity contribution in [3.05, 3.63) is 76.4 Å². The van der Waals surface area contributed by atoms with Gasteiger partial charge in [0.05, 0.1) is 11.5 Å². The number of nitrogens with zero attached hydrogens (tertiary/aromatic N) is 1. The fraction of sp³-hybridized carbons (Fsp3) is 0.227. The zero-order valence-electron chi connectivity index (χ0n) is 15.1. The van der Waals surface area contributed by atoms with Gasteiger partial charge in [-0.05, 0) is 29.7 Å². The van der Waals surface area contributed by atoms with Gasteiger partial charge in [-0.2, -0.15) is 0 Å². The number of amides is 1. The second-order valence-corrected chi connectivity index (χ2v) is 7.60. The lowest BCUT2D eigenvalue weighted by molar-refractivity contribution is 0.0773. The van der Waals surface area contributed by atoms with Gasteiger partial charge in [-0.25, -0.2) is 4.39 Å². The maximum atomic E-state index is 14.3. The van der Waals surface area contributed by atoms with Gasteiger partial charge in [0, 0.05) is 35.8 Å². The molecule has 4 rings (SSSR count). The van der Waals surface area contributed by atoms with Crippen molar-refractivity contribution in [1.82, 2.24) is 4.90 Å². The molecule has 0 aliphatic carbocycles. The third-order valence-electron chi connectivity index (χ3n) is 4.89. The molecular weight excluding hydrogens is 361 g/mol. The molecule has 0 fully saturated rings. The molecule has 0 radical (unpaired) electrons. The predicted molar refractivity (Wildman–Crippen MR) is 107 cm³/mol. The molecule has 0 unspecified atom stereocenters. The third-order valence-corrected chi connectivity index (χ3v) is 6.07. The highest BCUT2D eigenvalue weighted by molar-refractivity contribution is 7.21. The maximum Gasteiger partial charge on any atom is 0.264 e. The van der Waals surface area contributed by atoms with E-state index < -0.39 is 0 Å². The summed E-state index contributed by atoms with van der Waals surface area (Å²) < 4.78 is 20.4. The predicted octanol–water partition coefficient (Wildman–Crippen LogP) is 5.12. The average molecular weight is 381 g/mol. The maximum absolute atomic E-state index is 14.3. The molecule has 3 nitrogen and oxygen atoms in total. The zero-order chi connectivity index (χ0) is 18.8. The molecule has 27 heavy (non-hydrogen) atoms. The van der Waals surface area contributed by atoms with Crippen LogP contribution in [0.25, 0.3) is 15.7 Å². The molecule has 1 aliphatic heterocycles. The normalized spacial score (nSPS) is 14.4. The number of carbonyl (C=O) groups is 1. The summed E-state index contributed by atoms with van der Waals surface area (Å²) in [6.07, 6.45) is 2.93. The molecule has 5 heteroatoms. The number of methoxy groups -OCH3 is 1. The highest BCUT2D eigenvalue weighted by Crippen LogP contribution is 2.35. The highest BCUT2D eigenvalue weighted by atomic mass is 32.1. The molecule has 0 spiro atoms. The molecule has 1 aromatic heterocycles. The van der Waals surface area contributed by atoms with Gasteiger partial charge in [0.25, 0.3) is 5.91 Å². The van der Waals surface area contributed by atoms with E-state index >= 15 is 0 Å². The Labute approximate surface area is 161 Å². The van der Waals surface area contributed by atoms with Gasteiger partial charge in [-0.3, -0.25) is 4.79 Å². The van der Waals surface area contributed by atoms with Gasteiger partial charge in [-0.1, -0.05) is 42.5 Å². The summed E-state index contributed by atoms with van der Waals surface area (Å²) in [7, 11) is 1.56. The van der Waals surface area contributed by atoms with Crippen LogP contribution < -0.4 is 0 Å². The van der Waals surface area contributed by atoms with Crippen LogP contribution >= 0.6 is 11.3 Å². The van der Waals surface area contributed by atoms with E-state index in [1.54, 1.807) is 13.2 Å². The monoisotopic (exact) mass is 381 g/mol. The zero-order valence-corrected chi connectivity index (χ0v) is 15.9. The lowest BCUT2D eigenvalue weighted by Crippen LogP contribution is -2.34. The smallest absolute Gasteiger partial charge is 0.264 e. The van der Waals surface area contributed by atoms with Gasteiger partial charge < -0.3 is 9.64 Å². The number of rotatable bonds is 4. The molecule has 0 saturated heterocycles. The van der Waals surface area contributed by atoms with E-state index in [4.69, 9.17) is 4.74 Å². The fourth-order valence-corrected chi connectivity index (χ4v) is 4.72. The summed E-state index contributed by atoms with van der Waals surface area (Å²) in [6.45, 7) is 1.44. The lowest BCUT2D eigenvalue weighted by atomic mass is 9.99. The molecular formula is C22H20FNO2S. The topological polar surface area (TPSA) is 29.5 Å². The number of benzene rings is 2. The van der Waals surface area contributed by atoms with Crippen molar-refractivity contribution in [2.45, 2.75) is 13.0 Å². The first-order chi connectivity index (χ1) is 13.2. The van der Waals surface area contributed by atoms with E-state index in [0.717, 1.165) is 11.1 Å². The average Bonchev–Trinajstić information content (AvgIpc) is 3.08. The van der Waals surface area contributed by atoms with E-state index in [-0.39, 0.29) is 18.3 Å². The minimum atomic E-state index is -0.306. The van der Waals surface area contributed by atoms with E-state index in [9.17, 15) is 9.18 Å². The number of ether oxygens (including phenoxy) is 1. The molecule has 1 amide bonds. The second-order valence-electron chi connectivity index (χ2n) is 6.55. The Hall–Kier alpha value is -2.50. The minimum Gasteiger partial charge on any atom is -0.380 e. The molecule has 0 atom stereocenters. The van der Waals surface area contributed by atoms with Crippen molar-refractivity contribution in [2.75, 3.05) is 20.2 Å². The van der Waals surface area contributed by atoms with Crippen molar-refractivity contribution in [3.63, 3.8) is 0 Å². The van der Waals surface area contributed by atoms with Crippen LogP contribution in [-0.4, -0.2) is 31.0 Å². The first kappa shape index (κ1) is 17.9. The van der Waals surface area contributed by atoms with Gasteiger partial charge in [0.1, 0.15) is 5.82 Å². The van der Waals surface area contributed by atoms with E-state index in [1.165, 1.54) is 28.5 Å². The number of carbonyl (C=O) groups excluding carboxylic acids is 1. The van der Waals surface area contributed by atoms with E-state index in [2.05, 4.69) is 18.2 Å². The largest absolute Gasteiger partial charge is 0.380 e. The molecule has 2 heterocycles. The Morgan fingerprint density at radius 1 is 1.19 bits per heavy atom. The van der Waals surface area contributed by atoms with Crippen LogP contribution in [0.1, 0.15) is 27.2 Å². The molecule has 1 aliphatic rings. The summed E-state index contributed by atoms with van der Waals surface area (Å²) >= 11 is 1.35. The molecule has 0 saturated carbocycles. The van der Waals surface area contributed by atoms with Crippen LogP contribution in [0.3, 0.4) is 0 Å². The van der Waals surface area contributed by atoms with Gasteiger partial charge in [0.2, 0.25) is 0 Å². The Kier molecular flexibility index (Phi) is 5.05. The number of fused-ring (bicyclic) bond motifs is 1. The Morgan fingerprint density at radius 3 is 2.70 bits per heavy atom. The van der Waals surface area contributed by atoms with Crippen LogP contribution in [0.5, 0.6) is 0 Å². The SMILES string of the molecule is COCc1c(C(=O)N2CC=C(c3ccccc3)CC2)sc2cccc(F)c12. The van der Waals surface area contributed by atoms with Gasteiger partial charge in [0.15, 0.2) is 0 Å². The second kappa shape index (κ2) is 7.62. The van der Waals surface area contributed by atoms with Crippen LogP contribution in [0, 0.1) is 5.82 Å². The summed E-state index contributed by atoms with van der Waals surface area (Å²) in [5, 5.41) is 0.505. The van der Waals surface area contributed by atoms with Crippen LogP contribution in [0.15, 0.2) is 54.6 Å². The number of halogens is 1. The highest BCUT2D eigenvalue weighted by Gasteiger charge is 2.26. The van der Waals surface area contributed by atoms with Crippen LogP contribution in [0.4, 0.5) is 4.39 Å². The standard InChI is InChI=1S/C22H20FNO2S/c1-26-14-17-20-18(23)8-5-9-19(20)27-21(17)22(25)24-12-10-16(11-13-24)15-6-3-2-4-7-15/h2-10H,11-14H2,1H3. The van der Waals surface area contributed by atoms with Gasteiger partial charge in [-0.15, -0.1) is 11.3 Å². The summed E-state index contributed by atoms with van der Waals surface area (Å²) in [5.74, 6) is -0.356. The van der Waals surface area contributed by atoms with Crippen molar-refractivity contribution in [2.24, 2.45) is 0 Å². The van der Waals surface area contributed by atoms with Gasteiger partial charge >= 0.3 is 0 Å². The van der Waals surface area contributed by atoms with Crippen LogP contribution in [-0.2, 0) is 11.3 Å². The molecule has 138 valence electrons. The Balaban J connectivity index is 1.63. The van der Waals surface area contributed by atoms with E-state index in [0.29, 0.717) is 28.9 Å². The summed E-state index contributed by atoms with van der Waals surface area (Å²) in [5.41, 5.74) is 3.12. The third kappa shape index (κ3) is 3.40. The molecule has 3 aromatic rings. The lowest BCUT2D eigenvalue weighted by Gasteiger charge is -2.26. The first-order valence-corrected chi connectivity index (χ1v) is 9.73. The molecule has 0 N–H and O–H groups in total. The van der Waals surface area contributed by atoms with Crippen molar-refractivity contribution in [3.8, 4) is 0 Å². The first-order valence-electron chi connectivity index (χ1n) is 8.91.